The Kier molecular flexibility index (Phi) is 4.87. The second-order valence-electron chi connectivity index (χ2n) is 9.21. The number of rotatable bonds is 4. The van der Waals surface area contributed by atoms with Gasteiger partial charge in [-0.3, -0.25) is 0 Å². The van der Waals surface area contributed by atoms with Crippen LogP contribution < -0.4 is 4.57 Å². The van der Waals surface area contributed by atoms with E-state index in [1.54, 1.807) is 0 Å². The van der Waals surface area contributed by atoms with Crippen LogP contribution in [0.3, 0.4) is 0 Å². The van der Waals surface area contributed by atoms with Gasteiger partial charge in [0, 0.05) is 32.6 Å². The first-order chi connectivity index (χ1) is 17.1. The van der Waals surface area contributed by atoms with Crippen LogP contribution in [0.25, 0.3) is 49.2 Å². The van der Waals surface area contributed by atoms with Crippen molar-refractivity contribution in [2.24, 2.45) is 13.0 Å². The summed E-state index contributed by atoms with van der Waals surface area (Å²) in [5.41, 5.74) is 8.50. The van der Waals surface area contributed by atoms with E-state index in [0.29, 0.717) is 16.8 Å². The van der Waals surface area contributed by atoms with E-state index in [4.69, 9.17) is 13.7 Å². The molecule has 0 aliphatic heterocycles. The van der Waals surface area contributed by atoms with Gasteiger partial charge in [-0.1, -0.05) is 56.3 Å². The third-order valence-corrected chi connectivity index (χ3v) is 6.41. The lowest BCUT2D eigenvalue weighted by molar-refractivity contribution is -0.666. The van der Waals surface area contributed by atoms with Crippen molar-refractivity contribution in [3.05, 3.63) is 95.0 Å². The Morgan fingerprint density at radius 3 is 2.50 bits per heavy atom. The molecule has 3 nitrogen and oxygen atoms in total. The predicted molar refractivity (Wildman–Crippen MR) is 140 cm³/mol. The predicted octanol–water partition coefficient (Wildman–Crippen LogP) is 8.11. The zero-order chi connectivity index (χ0) is 25.8. The first-order valence-electron chi connectivity index (χ1n) is 12.6. The highest BCUT2D eigenvalue weighted by atomic mass is 16.3. The smallest absolute Gasteiger partial charge is 0.216 e. The van der Waals surface area contributed by atoms with Gasteiger partial charge in [-0.2, -0.15) is 4.57 Å². The van der Waals surface area contributed by atoms with Crippen LogP contribution in [-0.2, 0) is 13.4 Å². The van der Waals surface area contributed by atoms with Crippen LogP contribution in [0, 0.1) is 26.3 Å². The highest BCUT2D eigenvalue weighted by Crippen LogP contribution is 2.43. The molecule has 0 aliphatic rings. The maximum atomic E-state index is 8.73. The van der Waals surface area contributed by atoms with Gasteiger partial charge in [0.05, 0.1) is 12.1 Å². The second kappa shape index (κ2) is 8.47. The van der Waals surface area contributed by atoms with Crippen molar-refractivity contribution in [1.82, 2.24) is 0 Å². The van der Waals surface area contributed by atoms with Gasteiger partial charge < -0.3 is 4.42 Å². The molecule has 0 bridgehead atoms. The van der Waals surface area contributed by atoms with Crippen molar-refractivity contribution in [3.8, 4) is 22.4 Å². The number of benzene rings is 3. The Morgan fingerprint density at radius 1 is 1.03 bits per heavy atom. The van der Waals surface area contributed by atoms with E-state index in [0.717, 1.165) is 50.0 Å². The molecule has 0 radical (unpaired) electrons. The van der Waals surface area contributed by atoms with E-state index in [2.05, 4.69) is 40.6 Å². The number of nitrogens with zero attached hydrogens (tertiary/aromatic N) is 2. The number of aromatic nitrogens is 1. The highest BCUT2D eigenvalue weighted by molar-refractivity contribution is 6.16. The van der Waals surface area contributed by atoms with Gasteiger partial charge in [-0.15, -0.1) is 0 Å². The van der Waals surface area contributed by atoms with Gasteiger partial charge in [-0.25, -0.2) is 4.85 Å². The van der Waals surface area contributed by atoms with E-state index in [-0.39, 0.29) is 5.92 Å². The molecule has 5 rings (SSSR count). The van der Waals surface area contributed by atoms with Gasteiger partial charge in [0.1, 0.15) is 18.2 Å². The zero-order valence-electron chi connectivity index (χ0n) is 22.2. The van der Waals surface area contributed by atoms with E-state index in [1.165, 1.54) is 0 Å². The molecule has 0 N–H and O–H groups in total. The topological polar surface area (TPSA) is 21.4 Å². The zero-order valence-corrected chi connectivity index (χ0v) is 20.2. The normalized spacial score (nSPS) is 12.7. The molecule has 0 amide bonds. The molecule has 0 saturated carbocycles. The number of fused-ring (bicyclic) bond motifs is 3. The number of furan rings is 1. The average Bonchev–Trinajstić information content (AvgIpc) is 3.24. The molecule has 3 heteroatoms. The summed E-state index contributed by atoms with van der Waals surface area (Å²) in [5, 5.41) is 1.97. The van der Waals surface area contributed by atoms with Crippen LogP contribution in [0.2, 0.25) is 0 Å². The minimum Gasteiger partial charge on any atom is -0.456 e. The fraction of sp³-hybridized carbons (Fsp3) is 0.226. The molecular formula is C31H29N2O+. The van der Waals surface area contributed by atoms with Crippen molar-refractivity contribution in [2.45, 2.75) is 34.1 Å². The summed E-state index contributed by atoms with van der Waals surface area (Å²) >= 11 is 0. The fourth-order valence-electron chi connectivity index (χ4n) is 4.74. The van der Waals surface area contributed by atoms with E-state index >= 15 is 0 Å². The lowest BCUT2D eigenvalue weighted by Crippen LogP contribution is -2.35. The Morgan fingerprint density at radius 2 is 1.79 bits per heavy atom. The van der Waals surface area contributed by atoms with Gasteiger partial charge in [-0.05, 0) is 53.6 Å². The van der Waals surface area contributed by atoms with Gasteiger partial charge in [0.15, 0.2) is 11.4 Å². The van der Waals surface area contributed by atoms with E-state index in [9.17, 15) is 0 Å². The number of hydrogen-bond donors (Lipinski definition) is 0. The lowest BCUT2D eigenvalue weighted by Gasteiger charge is -2.11. The lowest BCUT2D eigenvalue weighted by atomic mass is 9.94. The number of aryl methyl sites for hydroxylation is 2. The third-order valence-electron chi connectivity index (χ3n) is 6.41. The molecule has 3 aromatic carbocycles. The maximum absolute atomic E-state index is 8.73. The summed E-state index contributed by atoms with van der Waals surface area (Å²) in [4.78, 5) is 3.70. The van der Waals surface area contributed by atoms with Gasteiger partial charge in [0.25, 0.3) is 0 Å². The molecule has 0 fully saturated rings. The Bertz CT molecular complexity index is 1680. The molecule has 0 spiro atoms. The largest absolute Gasteiger partial charge is 0.456 e. The summed E-state index contributed by atoms with van der Waals surface area (Å²) in [6, 6.07) is 21.9. The minimum absolute atomic E-state index is 0.166. The van der Waals surface area contributed by atoms with Crippen LogP contribution in [0.15, 0.2) is 71.1 Å². The molecular weight excluding hydrogens is 416 g/mol. The van der Waals surface area contributed by atoms with E-state index in [1.807, 2.05) is 70.3 Å². The Hall–Kier alpha value is -3.90. The molecule has 2 aromatic heterocycles. The molecule has 0 aliphatic carbocycles. The Balaban J connectivity index is 1.88. The summed E-state index contributed by atoms with van der Waals surface area (Å²) in [6.45, 7) is 15.5. The monoisotopic (exact) mass is 447 g/mol. The molecule has 0 atom stereocenters. The number of hydrogen-bond acceptors (Lipinski definition) is 1. The third kappa shape index (κ3) is 3.66. The summed E-state index contributed by atoms with van der Waals surface area (Å²) < 4.78 is 26.1. The van der Waals surface area contributed by atoms with Crippen molar-refractivity contribution >= 4 is 27.6 Å². The molecule has 34 heavy (non-hydrogen) atoms. The molecule has 0 unspecified atom stereocenters. The summed E-state index contributed by atoms with van der Waals surface area (Å²) in [7, 11) is 2.01. The van der Waals surface area contributed by atoms with E-state index < -0.39 is 6.37 Å². The van der Waals surface area contributed by atoms with Crippen LogP contribution in [0.1, 0.15) is 33.4 Å². The summed E-state index contributed by atoms with van der Waals surface area (Å²) in [6.07, 6.45) is -1.46. The number of pyridine rings is 1. The van der Waals surface area contributed by atoms with Crippen molar-refractivity contribution < 1.29 is 11.7 Å². The molecule has 5 aromatic rings. The quantitative estimate of drug-likeness (QED) is 0.201. The van der Waals surface area contributed by atoms with Crippen molar-refractivity contribution in [3.63, 3.8) is 0 Å². The van der Waals surface area contributed by atoms with Crippen LogP contribution in [-0.4, -0.2) is 0 Å². The Labute approximate surface area is 203 Å². The van der Waals surface area contributed by atoms with Crippen molar-refractivity contribution in [1.29, 1.82) is 0 Å². The average molecular weight is 448 g/mol. The molecule has 168 valence electrons. The summed E-state index contributed by atoms with van der Waals surface area (Å²) in [5.74, 6) is -0.166. The highest BCUT2D eigenvalue weighted by Gasteiger charge is 2.24. The van der Waals surface area contributed by atoms with Crippen LogP contribution >= 0.6 is 0 Å². The minimum atomic E-state index is -1.46. The van der Waals surface area contributed by atoms with Crippen molar-refractivity contribution in [2.75, 3.05) is 0 Å². The second-order valence-corrected chi connectivity index (χ2v) is 9.21. The fourth-order valence-corrected chi connectivity index (χ4v) is 4.74. The standard InChI is InChI=1S/C31H29N2O/c1-19(2)14-22-15-21(4)33(6)27(16-22)29-20(3)12-13-25-30-26(23-10-8-7-9-11-23)17-24(32-5)18-28(30)34-31(25)29/h7-13,15-19H,14H2,1-4,6H3/q+1/i14D2. The van der Waals surface area contributed by atoms with Crippen LogP contribution in [0.4, 0.5) is 5.69 Å². The SMILES string of the molecule is [2H]C([2H])(c1cc(C)[n+](C)c(-c2c(C)ccc3c2oc2cc([N+]#[C-])cc(-c4ccccc4)c23)c1)C(C)C. The maximum Gasteiger partial charge on any atom is 0.216 e. The first kappa shape index (κ1) is 19.6. The van der Waals surface area contributed by atoms with Crippen LogP contribution in [0.5, 0.6) is 0 Å². The first-order valence-corrected chi connectivity index (χ1v) is 11.6. The van der Waals surface area contributed by atoms with Gasteiger partial charge in [0.2, 0.25) is 5.69 Å². The molecule has 2 heterocycles. The van der Waals surface area contributed by atoms with Gasteiger partial charge >= 0.3 is 0 Å². The molecule has 0 saturated heterocycles.